The van der Waals surface area contributed by atoms with Gasteiger partial charge in [-0.05, 0) is 38.3 Å². The van der Waals surface area contributed by atoms with Crippen molar-refractivity contribution >= 4 is 5.91 Å². The number of rotatable bonds is 1. The Hall–Kier alpha value is -1.56. The van der Waals surface area contributed by atoms with Gasteiger partial charge in [-0.1, -0.05) is 17.7 Å². The zero-order valence-corrected chi connectivity index (χ0v) is 12.1. The molecule has 1 amide bonds. The van der Waals surface area contributed by atoms with Crippen LogP contribution < -0.4 is 5.73 Å². The monoisotopic (exact) mass is 300 g/mol. The van der Waals surface area contributed by atoms with Gasteiger partial charge in [0.2, 0.25) is 0 Å². The maximum absolute atomic E-state index is 13.1. The van der Waals surface area contributed by atoms with Gasteiger partial charge in [0.1, 0.15) is 6.04 Å². The SMILES string of the molecule is Cc1ccc(C)c(C(=O)N2CC(N)CCC2C(F)(F)F)c1. The van der Waals surface area contributed by atoms with Crippen LogP contribution in [-0.4, -0.2) is 35.6 Å². The van der Waals surface area contributed by atoms with Crippen molar-refractivity contribution in [3.8, 4) is 0 Å². The molecule has 0 aromatic heterocycles. The molecule has 1 heterocycles. The van der Waals surface area contributed by atoms with Gasteiger partial charge < -0.3 is 10.6 Å². The molecule has 2 rings (SSSR count). The summed E-state index contributed by atoms with van der Waals surface area (Å²) in [4.78, 5) is 13.4. The van der Waals surface area contributed by atoms with Gasteiger partial charge in [-0.2, -0.15) is 13.2 Å². The number of aryl methyl sites for hydroxylation is 2. The van der Waals surface area contributed by atoms with Crippen molar-refractivity contribution in [1.82, 2.24) is 4.90 Å². The summed E-state index contributed by atoms with van der Waals surface area (Å²) in [5, 5.41) is 0. The molecule has 0 aliphatic carbocycles. The molecule has 1 saturated heterocycles. The second-order valence-electron chi connectivity index (χ2n) is 5.67. The van der Waals surface area contributed by atoms with E-state index in [2.05, 4.69) is 0 Å². The largest absolute Gasteiger partial charge is 0.408 e. The first-order valence-corrected chi connectivity index (χ1v) is 6.90. The molecule has 1 aromatic carbocycles. The lowest BCUT2D eigenvalue weighted by atomic mass is 9.96. The number of amides is 1. The number of carbonyl (C=O) groups is 1. The molecular formula is C15H19F3N2O. The number of hydrogen-bond acceptors (Lipinski definition) is 2. The molecular weight excluding hydrogens is 281 g/mol. The smallest absolute Gasteiger partial charge is 0.326 e. The zero-order chi connectivity index (χ0) is 15.8. The topological polar surface area (TPSA) is 46.3 Å². The second kappa shape index (κ2) is 5.67. The quantitative estimate of drug-likeness (QED) is 0.867. The molecule has 0 saturated carbocycles. The summed E-state index contributed by atoms with van der Waals surface area (Å²) in [7, 11) is 0. The van der Waals surface area contributed by atoms with E-state index in [1.54, 1.807) is 26.0 Å². The maximum atomic E-state index is 13.1. The first kappa shape index (κ1) is 15.8. The van der Waals surface area contributed by atoms with Gasteiger partial charge in [0.25, 0.3) is 5.91 Å². The third-order valence-corrected chi connectivity index (χ3v) is 3.88. The fraction of sp³-hybridized carbons (Fsp3) is 0.533. The molecule has 0 spiro atoms. The number of piperidine rings is 1. The minimum absolute atomic E-state index is 0.0591. The fourth-order valence-electron chi connectivity index (χ4n) is 2.68. The van der Waals surface area contributed by atoms with Gasteiger partial charge in [0.05, 0.1) is 0 Å². The number of likely N-dealkylation sites (tertiary alicyclic amines) is 1. The zero-order valence-electron chi connectivity index (χ0n) is 12.1. The van der Waals surface area contributed by atoms with E-state index in [-0.39, 0.29) is 19.4 Å². The van der Waals surface area contributed by atoms with Crippen molar-refractivity contribution in [2.24, 2.45) is 5.73 Å². The molecule has 1 aromatic rings. The summed E-state index contributed by atoms with van der Waals surface area (Å²) >= 11 is 0. The highest BCUT2D eigenvalue weighted by atomic mass is 19.4. The lowest BCUT2D eigenvalue weighted by Crippen LogP contribution is -2.56. The summed E-state index contributed by atoms with van der Waals surface area (Å²) in [5.41, 5.74) is 7.58. The Kier molecular flexibility index (Phi) is 4.27. The lowest BCUT2D eigenvalue weighted by molar-refractivity contribution is -0.184. The second-order valence-corrected chi connectivity index (χ2v) is 5.67. The van der Waals surface area contributed by atoms with E-state index in [0.717, 1.165) is 10.5 Å². The molecule has 1 aliphatic heterocycles. The van der Waals surface area contributed by atoms with Crippen LogP contribution in [0.2, 0.25) is 0 Å². The summed E-state index contributed by atoms with van der Waals surface area (Å²) < 4.78 is 39.4. The summed E-state index contributed by atoms with van der Waals surface area (Å²) in [6.45, 7) is 3.47. The van der Waals surface area contributed by atoms with Crippen molar-refractivity contribution in [3.05, 3.63) is 34.9 Å². The highest BCUT2D eigenvalue weighted by molar-refractivity contribution is 5.96. The Morgan fingerprint density at radius 2 is 1.95 bits per heavy atom. The van der Waals surface area contributed by atoms with Crippen LogP contribution in [0.5, 0.6) is 0 Å². The molecule has 0 bridgehead atoms. The van der Waals surface area contributed by atoms with Gasteiger partial charge in [0, 0.05) is 18.2 Å². The highest BCUT2D eigenvalue weighted by Crippen LogP contribution is 2.33. The molecule has 1 fully saturated rings. The predicted octanol–water partition coefficient (Wildman–Crippen LogP) is 2.80. The van der Waals surface area contributed by atoms with Crippen molar-refractivity contribution in [2.75, 3.05) is 6.54 Å². The van der Waals surface area contributed by atoms with Crippen molar-refractivity contribution < 1.29 is 18.0 Å². The first-order chi connectivity index (χ1) is 9.70. The number of carbonyl (C=O) groups excluding carboxylic acids is 1. The number of hydrogen-bond donors (Lipinski definition) is 1. The van der Waals surface area contributed by atoms with E-state index in [9.17, 15) is 18.0 Å². The Morgan fingerprint density at radius 1 is 1.29 bits per heavy atom. The van der Waals surface area contributed by atoms with Crippen LogP contribution in [-0.2, 0) is 0 Å². The standard InChI is InChI=1S/C15H19F3N2O/c1-9-3-4-10(2)12(7-9)14(21)20-8-11(19)5-6-13(20)15(16,17)18/h3-4,7,11,13H,5-6,8,19H2,1-2H3. The summed E-state index contributed by atoms with van der Waals surface area (Å²) in [6, 6.07) is 3.05. The minimum Gasteiger partial charge on any atom is -0.326 e. The number of halogens is 3. The fourth-order valence-corrected chi connectivity index (χ4v) is 2.68. The average molecular weight is 300 g/mol. The molecule has 2 N–H and O–H groups in total. The van der Waals surface area contributed by atoms with Gasteiger partial charge in [-0.3, -0.25) is 4.79 Å². The molecule has 0 radical (unpaired) electrons. The van der Waals surface area contributed by atoms with Crippen LogP contribution in [0.3, 0.4) is 0 Å². The predicted molar refractivity (Wildman–Crippen MR) is 74.0 cm³/mol. The first-order valence-electron chi connectivity index (χ1n) is 6.90. The van der Waals surface area contributed by atoms with Crippen LogP contribution in [0.15, 0.2) is 18.2 Å². The molecule has 116 valence electrons. The van der Waals surface area contributed by atoms with E-state index in [1.807, 2.05) is 6.07 Å². The number of nitrogens with two attached hydrogens (primary N) is 1. The normalized spacial score (nSPS) is 23.2. The van der Waals surface area contributed by atoms with Gasteiger partial charge in [0.15, 0.2) is 0 Å². The summed E-state index contributed by atoms with van der Waals surface area (Å²) in [5.74, 6) is -0.589. The van der Waals surface area contributed by atoms with Crippen molar-refractivity contribution in [1.29, 1.82) is 0 Å². The van der Waals surface area contributed by atoms with Gasteiger partial charge in [-0.25, -0.2) is 0 Å². The molecule has 6 heteroatoms. The Morgan fingerprint density at radius 3 is 2.57 bits per heavy atom. The van der Waals surface area contributed by atoms with E-state index < -0.39 is 24.2 Å². The molecule has 1 aliphatic rings. The third-order valence-electron chi connectivity index (χ3n) is 3.88. The van der Waals surface area contributed by atoms with Crippen LogP contribution in [0.25, 0.3) is 0 Å². The Bertz CT molecular complexity index is 542. The Labute approximate surface area is 121 Å². The maximum Gasteiger partial charge on any atom is 0.408 e. The van der Waals surface area contributed by atoms with Gasteiger partial charge >= 0.3 is 6.18 Å². The van der Waals surface area contributed by atoms with E-state index in [0.29, 0.717) is 11.1 Å². The minimum atomic E-state index is -4.42. The number of benzene rings is 1. The van der Waals surface area contributed by atoms with Crippen LogP contribution >= 0.6 is 0 Å². The lowest BCUT2D eigenvalue weighted by Gasteiger charge is -2.39. The molecule has 3 nitrogen and oxygen atoms in total. The molecule has 21 heavy (non-hydrogen) atoms. The van der Waals surface area contributed by atoms with Crippen LogP contribution in [0, 0.1) is 13.8 Å². The summed E-state index contributed by atoms with van der Waals surface area (Å²) in [6.07, 6.45) is -4.28. The number of alkyl halides is 3. The van der Waals surface area contributed by atoms with Crippen LogP contribution in [0.4, 0.5) is 13.2 Å². The van der Waals surface area contributed by atoms with Gasteiger partial charge in [-0.15, -0.1) is 0 Å². The van der Waals surface area contributed by atoms with Crippen LogP contribution in [0.1, 0.15) is 34.3 Å². The third kappa shape index (κ3) is 3.37. The molecule has 2 atom stereocenters. The van der Waals surface area contributed by atoms with Crippen molar-refractivity contribution in [2.45, 2.75) is 44.9 Å². The van der Waals surface area contributed by atoms with E-state index in [4.69, 9.17) is 5.73 Å². The average Bonchev–Trinajstić information content (AvgIpc) is 2.39. The molecule has 2 unspecified atom stereocenters. The van der Waals surface area contributed by atoms with Crippen molar-refractivity contribution in [3.63, 3.8) is 0 Å². The van der Waals surface area contributed by atoms with E-state index >= 15 is 0 Å². The number of nitrogens with zero attached hydrogens (tertiary/aromatic N) is 1. The Balaban J connectivity index is 2.35. The highest BCUT2D eigenvalue weighted by Gasteiger charge is 2.47. The van der Waals surface area contributed by atoms with E-state index in [1.165, 1.54) is 0 Å².